The maximum Gasteiger partial charge on any atom is 0.174 e. The van der Waals surface area contributed by atoms with E-state index in [1.165, 1.54) is 13.0 Å². The number of Topliss-reactive ketones (excluding diaryl/α,β-unsaturated/α-hetero) is 1. The van der Waals surface area contributed by atoms with E-state index in [9.17, 15) is 9.18 Å². The molecule has 3 rings (SSSR count). The number of allylic oxidation sites excluding steroid dienone is 1. The standard InChI is InChI=1S/C20H19FN2OS/c1-13-18(14(2)24)19(16-10-6-7-11-17(16)21)22-20(25)23(13)12-15-8-4-3-5-9-15/h3-11,19H,12H2,1-2H3,(H,22,25). The third-order valence-corrected chi connectivity index (χ3v) is 4.71. The van der Waals surface area contributed by atoms with Gasteiger partial charge in [-0.2, -0.15) is 0 Å². The Labute approximate surface area is 152 Å². The van der Waals surface area contributed by atoms with E-state index in [-0.39, 0.29) is 11.6 Å². The molecule has 0 spiro atoms. The largest absolute Gasteiger partial charge is 0.351 e. The lowest BCUT2D eigenvalue weighted by Gasteiger charge is -2.38. The van der Waals surface area contributed by atoms with Gasteiger partial charge in [0.1, 0.15) is 5.82 Å². The fourth-order valence-electron chi connectivity index (χ4n) is 3.14. The minimum Gasteiger partial charge on any atom is -0.351 e. The number of nitrogens with one attached hydrogen (secondary N) is 1. The van der Waals surface area contributed by atoms with Crippen LogP contribution in [0.5, 0.6) is 0 Å². The van der Waals surface area contributed by atoms with Crippen LogP contribution in [-0.2, 0) is 11.3 Å². The van der Waals surface area contributed by atoms with Crippen LogP contribution in [0.4, 0.5) is 4.39 Å². The molecule has 0 fully saturated rings. The predicted molar refractivity (Wildman–Crippen MR) is 100 cm³/mol. The summed E-state index contributed by atoms with van der Waals surface area (Å²) >= 11 is 5.51. The van der Waals surface area contributed by atoms with Crippen LogP contribution < -0.4 is 5.32 Å². The van der Waals surface area contributed by atoms with Crippen molar-refractivity contribution in [3.63, 3.8) is 0 Å². The van der Waals surface area contributed by atoms with Gasteiger partial charge in [0.2, 0.25) is 0 Å². The first kappa shape index (κ1) is 17.3. The smallest absolute Gasteiger partial charge is 0.174 e. The van der Waals surface area contributed by atoms with Crippen LogP contribution in [0.1, 0.15) is 31.0 Å². The highest BCUT2D eigenvalue weighted by molar-refractivity contribution is 7.80. The van der Waals surface area contributed by atoms with Gasteiger partial charge in [0, 0.05) is 23.4 Å². The molecule has 1 unspecified atom stereocenters. The Morgan fingerprint density at radius 2 is 1.80 bits per heavy atom. The van der Waals surface area contributed by atoms with Crippen LogP contribution in [0.2, 0.25) is 0 Å². The molecule has 0 radical (unpaired) electrons. The lowest BCUT2D eigenvalue weighted by molar-refractivity contribution is -0.114. The first-order valence-electron chi connectivity index (χ1n) is 8.07. The van der Waals surface area contributed by atoms with E-state index < -0.39 is 6.04 Å². The lowest BCUT2D eigenvalue weighted by Crippen LogP contribution is -2.47. The molecule has 0 amide bonds. The number of hydrogen-bond acceptors (Lipinski definition) is 2. The molecule has 1 atom stereocenters. The van der Waals surface area contributed by atoms with Crippen LogP contribution in [-0.4, -0.2) is 15.8 Å². The van der Waals surface area contributed by atoms with Crippen LogP contribution in [0, 0.1) is 5.82 Å². The van der Waals surface area contributed by atoms with E-state index in [1.807, 2.05) is 42.2 Å². The van der Waals surface area contributed by atoms with Crippen molar-refractivity contribution in [2.45, 2.75) is 26.4 Å². The Morgan fingerprint density at radius 1 is 1.16 bits per heavy atom. The van der Waals surface area contributed by atoms with Gasteiger partial charge in [-0.05, 0) is 37.7 Å². The van der Waals surface area contributed by atoms with Gasteiger partial charge in [0.05, 0.1) is 6.04 Å². The number of carbonyl (C=O) groups excluding carboxylic acids is 1. The zero-order valence-electron chi connectivity index (χ0n) is 14.1. The van der Waals surface area contributed by atoms with Crippen molar-refractivity contribution in [3.8, 4) is 0 Å². The number of benzene rings is 2. The average Bonchev–Trinajstić information content (AvgIpc) is 2.59. The van der Waals surface area contributed by atoms with Gasteiger partial charge >= 0.3 is 0 Å². The van der Waals surface area contributed by atoms with Gasteiger partial charge in [-0.3, -0.25) is 4.79 Å². The van der Waals surface area contributed by atoms with Gasteiger partial charge < -0.3 is 10.2 Å². The summed E-state index contributed by atoms with van der Waals surface area (Å²) in [5.41, 5.74) is 2.80. The number of carbonyl (C=O) groups is 1. The van der Waals surface area contributed by atoms with E-state index >= 15 is 0 Å². The first-order chi connectivity index (χ1) is 12.0. The van der Waals surface area contributed by atoms with Gasteiger partial charge in [-0.25, -0.2) is 4.39 Å². The molecule has 5 heteroatoms. The van der Waals surface area contributed by atoms with Crippen molar-refractivity contribution >= 4 is 23.1 Å². The van der Waals surface area contributed by atoms with Crippen molar-refractivity contribution in [1.29, 1.82) is 0 Å². The minimum atomic E-state index is -0.571. The average molecular weight is 354 g/mol. The fourth-order valence-corrected chi connectivity index (χ4v) is 3.46. The number of ketones is 1. The molecule has 0 aromatic heterocycles. The van der Waals surface area contributed by atoms with Gasteiger partial charge in [-0.15, -0.1) is 0 Å². The van der Waals surface area contributed by atoms with Crippen LogP contribution in [0.25, 0.3) is 0 Å². The third-order valence-electron chi connectivity index (χ3n) is 4.38. The van der Waals surface area contributed by atoms with Crippen molar-refractivity contribution < 1.29 is 9.18 Å². The monoisotopic (exact) mass is 354 g/mol. The molecular formula is C20H19FN2OS. The van der Waals surface area contributed by atoms with Crippen LogP contribution >= 0.6 is 12.2 Å². The normalized spacial score (nSPS) is 17.5. The topological polar surface area (TPSA) is 32.3 Å². The Kier molecular flexibility index (Phi) is 4.95. The molecular weight excluding hydrogens is 335 g/mol. The Morgan fingerprint density at radius 3 is 2.44 bits per heavy atom. The second-order valence-corrected chi connectivity index (χ2v) is 6.42. The minimum absolute atomic E-state index is 0.0983. The molecule has 0 bridgehead atoms. The summed E-state index contributed by atoms with van der Waals surface area (Å²) in [6, 6.07) is 15.8. The molecule has 1 aliphatic heterocycles. The number of rotatable bonds is 4. The number of hydrogen-bond donors (Lipinski definition) is 1. The predicted octanol–water partition coefficient (Wildman–Crippen LogP) is 4.12. The molecule has 0 saturated carbocycles. The third kappa shape index (κ3) is 3.46. The second-order valence-electron chi connectivity index (χ2n) is 6.03. The van der Waals surface area contributed by atoms with Gasteiger partial charge in [-0.1, -0.05) is 48.5 Å². The number of nitrogens with zero attached hydrogens (tertiary/aromatic N) is 1. The molecule has 1 N–H and O–H groups in total. The zero-order valence-corrected chi connectivity index (χ0v) is 14.9. The Balaban J connectivity index is 2.03. The Hall–Kier alpha value is -2.53. The molecule has 0 aliphatic carbocycles. The highest BCUT2D eigenvalue weighted by Crippen LogP contribution is 2.33. The van der Waals surface area contributed by atoms with Crippen molar-refractivity contribution in [3.05, 3.63) is 82.8 Å². The SMILES string of the molecule is CC(=O)C1=C(C)N(Cc2ccccc2)C(=S)NC1c1ccccc1F. The van der Waals surface area contributed by atoms with Crippen LogP contribution in [0.15, 0.2) is 65.9 Å². The van der Waals surface area contributed by atoms with Crippen LogP contribution in [0.3, 0.4) is 0 Å². The molecule has 0 saturated heterocycles. The maximum absolute atomic E-state index is 14.3. The van der Waals surface area contributed by atoms with E-state index in [0.717, 1.165) is 11.3 Å². The first-order valence-corrected chi connectivity index (χ1v) is 8.48. The summed E-state index contributed by atoms with van der Waals surface area (Å²) in [6.45, 7) is 3.92. The molecule has 128 valence electrons. The number of halogens is 1. The van der Waals surface area contributed by atoms with E-state index in [0.29, 0.717) is 22.8 Å². The molecule has 25 heavy (non-hydrogen) atoms. The summed E-state index contributed by atoms with van der Waals surface area (Å²) < 4.78 is 14.3. The highest BCUT2D eigenvalue weighted by atomic mass is 32.1. The molecule has 2 aromatic rings. The molecule has 2 aromatic carbocycles. The van der Waals surface area contributed by atoms with Crippen molar-refractivity contribution in [2.24, 2.45) is 0 Å². The summed E-state index contributed by atoms with van der Waals surface area (Å²) in [7, 11) is 0. The summed E-state index contributed by atoms with van der Waals surface area (Å²) in [5.74, 6) is -0.454. The van der Waals surface area contributed by atoms with E-state index in [2.05, 4.69) is 5.32 Å². The van der Waals surface area contributed by atoms with Crippen molar-refractivity contribution in [1.82, 2.24) is 10.2 Å². The van der Waals surface area contributed by atoms with Crippen molar-refractivity contribution in [2.75, 3.05) is 0 Å². The quantitative estimate of drug-likeness (QED) is 0.837. The van der Waals surface area contributed by atoms with Gasteiger partial charge in [0.15, 0.2) is 10.9 Å². The second kappa shape index (κ2) is 7.15. The fraction of sp³-hybridized carbons (Fsp3) is 0.200. The molecule has 3 nitrogen and oxygen atoms in total. The van der Waals surface area contributed by atoms with E-state index in [4.69, 9.17) is 12.2 Å². The highest BCUT2D eigenvalue weighted by Gasteiger charge is 2.33. The maximum atomic E-state index is 14.3. The molecule has 1 heterocycles. The lowest BCUT2D eigenvalue weighted by atomic mass is 9.92. The zero-order chi connectivity index (χ0) is 18.0. The summed E-state index contributed by atoms with van der Waals surface area (Å²) in [4.78, 5) is 14.2. The molecule has 1 aliphatic rings. The summed E-state index contributed by atoms with van der Waals surface area (Å²) in [5, 5.41) is 3.63. The Bertz CT molecular complexity index is 848. The summed E-state index contributed by atoms with van der Waals surface area (Å²) in [6.07, 6.45) is 0. The van der Waals surface area contributed by atoms with E-state index in [1.54, 1.807) is 18.2 Å². The van der Waals surface area contributed by atoms with Gasteiger partial charge in [0.25, 0.3) is 0 Å². The number of thiocarbonyl (C=S) groups is 1.